The maximum absolute atomic E-state index is 13.8. The zero-order valence-corrected chi connectivity index (χ0v) is 17.7. The van der Waals surface area contributed by atoms with Gasteiger partial charge in [-0.25, -0.2) is 4.39 Å². The molecular weight excluding hydrogens is 383 g/mol. The van der Waals surface area contributed by atoms with E-state index in [1.807, 2.05) is 44.2 Å². The molecule has 0 aliphatic carbocycles. The van der Waals surface area contributed by atoms with Crippen LogP contribution in [0.1, 0.15) is 30.9 Å². The van der Waals surface area contributed by atoms with Crippen LogP contribution < -0.4 is 15.4 Å². The summed E-state index contributed by atoms with van der Waals surface area (Å²) in [6.07, 6.45) is 1.59. The Morgan fingerprint density at radius 1 is 1.20 bits per heavy atom. The van der Waals surface area contributed by atoms with Gasteiger partial charge in [-0.15, -0.1) is 0 Å². The number of hydrogen-bond acceptors (Lipinski definition) is 4. The minimum atomic E-state index is -0.364. The van der Waals surface area contributed by atoms with Crippen LogP contribution in [-0.4, -0.2) is 44.9 Å². The van der Waals surface area contributed by atoms with Crippen LogP contribution >= 0.6 is 0 Å². The predicted molar refractivity (Wildman–Crippen MR) is 115 cm³/mol. The molecule has 0 bridgehead atoms. The summed E-state index contributed by atoms with van der Waals surface area (Å²) in [6, 6.07) is 14.2. The molecule has 2 aromatic carbocycles. The van der Waals surface area contributed by atoms with Gasteiger partial charge in [0.1, 0.15) is 18.2 Å². The van der Waals surface area contributed by atoms with Crippen LogP contribution in [0.25, 0.3) is 0 Å². The highest BCUT2D eigenvalue weighted by atomic mass is 19.1. The first-order valence-corrected chi connectivity index (χ1v) is 10.5. The van der Waals surface area contributed by atoms with Crippen molar-refractivity contribution in [2.75, 3.05) is 32.9 Å². The zero-order chi connectivity index (χ0) is 21.4. The van der Waals surface area contributed by atoms with Gasteiger partial charge in [0.25, 0.3) is 0 Å². The third kappa shape index (κ3) is 6.03. The number of carbonyl (C=O) groups is 1. The van der Waals surface area contributed by atoms with Crippen molar-refractivity contribution >= 4 is 5.91 Å². The molecule has 0 spiro atoms. The minimum Gasteiger partial charge on any atom is -0.492 e. The summed E-state index contributed by atoms with van der Waals surface area (Å²) in [7, 11) is 0. The number of rotatable bonds is 9. The molecular formula is C24H31FN2O3. The van der Waals surface area contributed by atoms with Gasteiger partial charge in [0, 0.05) is 25.2 Å². The van der Waals surface area contributed by atoms with Crippen LogP contribution in [0.2, 0.25) is 0 Å². The average molecular weight is 415 g/mol. The van der Waals surface area contributed by atoms with E-state index in [1.165, 1.54) is 6.07 Å². The van der Waals surface area contributed by atoms with Gasteiger partial charge in [-0.1, -0.05) is 24.3 Å². The molecule has 162 valence electrons. The van der Waals surface area contributed by atoms with Crippen molar-refractivity contribution in [1.29, 1.82) is 0 Å². The lowest BCUT2D eigenvalue weighted by Crippen LogP contribution is -2.50. The van der Waals surface area contributed by atoms with Crippen LogP contribution in [0.4, 0.5) is 4.39 Å². The van der Waals surface area contributed by atoms with Crippen molar-refractivity contribution < 1.29 is 18.7 Å². The quantitative estimate of drug-likeness (QED) is 0.618. The number of ether oxygens (including phenoxy) is 2. The summed E-state index contributed by atoms with van der Waals surface area (Å²) in [5, 5.41) is 6.25. The van der Waals surface area contributed by atoms with Crippen LogP contribution in [-0.2, 0) is 14.9 Å². The van der Waals surface area contributed by atoms with Crippen LogP contribution in [0, 0.1) is 12.7 Å². The zero-order valence-electron chi connectivity index (χ0n) is 17.7. The summed E-state index contributed by atoms with van der Waals surface area (Å²) in [5.74, 6) is 0.481. The molecule has 3 rings (SSSR count). The topological polar surface area (TPSA) is 59.6 Å². The molecule has 1 amide bonds. The van der Waals surface area contributed by atoms with Gasteiger partial charge < -0.3 is 20.1 Å². The summed E-state index contributed by atoms with van der Waals surface area (Å²) in [5.41, 5.74) is 1.86. The second-order valence-corrected chi connectivity index (χ2v) is 7.96. The number of benzene rings is 2. The highest BCUT2D eigenvalue weighted by Crippen LogP contribution is 2.34. The average Bonchev–Trinajstić information content (AvgIpc) is 2.75. The number of halogens is 1. The second-order valence-electron chi connectivity index (χ2n) is 7.96. The smallest absolute Gasteiger partial charge is 0.236 e. The Labute approximate surface area is 178 Å². The molecule has 2 aromatic rings. The second kappa shape index (κ2) is 10.5. The Balaban J connectivity index is 1.48. The highest BCUT2D eigenvalue weighted by Gasteiger charge is 2.35. The molecule has 5 nitrogen and oxygen atoms in total. The predicted octanol–water partition coefficient (Wildman–Crippen LogP) is 3.36. The van der Waals surface area contributed by atoms with Crippen LogP contribution in [0.5, 0.6) is 5.75 Å². The summed E-state index contributed by atoms with van der Waals surface area (Å²) >= 11 is 0. The normalized spacial score (nSPS) is 16.6. The Morgan fingerprint density at radius 3 is 2.70 bits per heavy atom. The molecule has 1 aliphatic rings. The minimum absolute atomic E-state index is 0.0794. The standard InChI is InChI=1S/C24H31FN2O3/c1-18-5-3-8-22(15-18)30-14-11-26-23(28)19(2)27-17-24(9-12-29-13-10-24)20-6-4-7-21(25)16-20/h3-8,15-16,19,27H,9-14,17H2,1-2H3,(H,26,28). The Kier molecular flexibility index (Phi) is 7.82. The van der Waals surface area contributed by atoms with Gasteiger partial charge in [-0.05, 0) is 62.1 Å². The monoisotopic (exact) mass is 414 g/mol. The molecule has 0 radical (unpaired) electrons. The first-order valence-electron chi connectivity index (χ1n) is 10.5. The van der Waals surface area contributed by atoms with Crippen molar-refractivity contribution in [1.82, 2.24) is 10.6 Å². The molecule has 30 heavy (non-hydrogen) atoms. The SMILES string of the molecule is Cc1cccc(OCCNC(=O)C(C)NCC2(c3cccc(F)c3)CCOCC2)c1. The van der Waals surface area contributed by atoms with E-state index in [1.54, 1.807) is 12.1 Å². The van der Waals surface area contributed by atoms with E-state index in [2.05, 4.69) is 10.6 Å². The number of nitrogens with one attached hydrogen (secondary N) is 2. The molecule has 0 saturated carbocycles. The van der Waals surface area contributed by atoms with Gasteiger partial charge >= 0.3 is 0 Å². The van der Waals surface area contributed by atoms with E-state index >= 15 is 0 Å². The van der Waals surface area contributed by atoms with Crippen LogP contribution in [0.15, 0.2) is 48.5 Å². The number of aryl methyl sites for hydroxylation is 1. The van der Waals surface area contributed by atoms with Gasteiger partial charge in [-0.3, -0.25) is 4.79 Å². The maximum atomic E-state index is 13.8. The van der Waals surface area contributed by atoms with Crippen molar-refractivity contribution in [3.8, 4) is 5.75 Å². The van der Waals surface area contributed by atoms with Crippen molar-refractivity contribution in [2.24, 2.45) is 0 Å². The summed E-state index contributed by atoms with van der Waals surface area (Å²) in [4.78, 5) is 12.5. The largest absolute Gasteiger partial charge is 0.492 e. The molecule has 1 saturated heterocycles. The van der Waals surface area contributed by atoms with E-state index in [0.717, 1.165) is 29.7 Å². The van der Waals surface area contributed by atoms with Crippen LogP contribution in [0.3, 0.4) is 0 Å². The highest BCUT2D eigenvalue weighted by molar-refractivity contribution is 5.81. The first-order chi connectivity index (χ1) is 14.5. The van der Waals surface area contributed by atoms with Crippen molar-refractivity contribution in [3.05, 3.63) is 65.5 Å². The van der Waals surface area contributed by atoms with Crippen molar-refractivity contribution in [3.63, 3.8) is 0 Å². The lowest BCUT2D eigenvalue weighted by Gasteiger charge is -2.38. The Morgan fingerprint density at radius 2 is 1.97 bits per heavy atom. The number of carbonyl (C=O) groups excluding carboxylic acids is 1. The Hall–Kier alpha value is -2.44. The Bertz CT molecular complexity index is 837. The first kappa shape index (κ1) is 22.2. The molecule has 1 unspecified atom stereocenters. The lowest BCUT2D eigenvalue weighted by molar-refractivity contribution is -0.122. The molecule has 2 N–H and O–H groups in total. The summed E-state index contributed by atoms with van der Waals surface area (Å²) in [6.45, 7) is 6.55. The van der Waals surface area contributed by atoms with E-state index in [0.29, 0.717) is 32.9 Å². The van der Waals surface area contributed by atoms with Gasteiger partial charge in [0.05, 0.1) is 12.6 Å². The van der Waals surface area contributed by atoms with Crippen molar-refractivity contribution in [2.45, 2.75) is 38.1 Å². The number of hydrogen-bond donors (Lipinski definition) is 2. The van der Waals surface area contributed by atoms with E-state index in [9.17, 15) is 9.18 Å². The van der Waals surface area contributed by atoms with Gasteiger partial charge in [-0.2, -0.15) is 0 Å². The molecule has 0 aromatic heterocycles. The molecule has 1 heterocycles. The van der Waals surface area contributed by atoms with E-state index in [-0.39, 0.29) is 23.2 Å². The fourth-order valence-corrected chi connectivity index (χ4v) is 3.79. The lowest BCUT2D eigenvalue weighted by atomic mass is 9.74. The molecule has 1 atom stereocenters. The molecule has 6 heteroatoms. The van der Waals surface area contributed by atoms with E-state index < -0.39 is 0 Å². The fraction of sp³-hybridized carbons (Fsp3) is 0.458. The maximum Gasteiger partial charge on any atom is 0.236 e. The fourth-order valence-electron chi connectivity index (χ4n) is 3.79. The summed E-state index contributed by atoms with van der Waals surface area (Å²) < 4.78 is 25.0. The van der Waals surface area contributed by atoms with Gasteiger partial charge in [0.15, 0.2) is 0 Å². The molecule has 1 aliphatic heterocycles. The third-order valence-electron chi connectivity index (χ3n) is 5.69. The van der Waals surface area contributed by atoms with E-state index in [4.69, 9.17) is 9.47 Å². The third-order valence-corrected chi connectivity index (χ3v) is 5.69. The molecule has 1 fully saturated rings. The number of amides is 1. The van der Waals surface area contributed by atoms with Gasteiger partial charge in [0.2, 0.25) is 5.91 Å².